The lowest BCUT2D eigenvalue weighted by atomic mass is 9.96. The van der Waals surface area contributed by atoms with Gasteiger partial charge in [0.2, 0.25) is 0 Å². The molecule has 0 fully saturated rings. The standard InChI is InChI=1S/C50H92N2O12/c1-13-17-25-39(15-3)37-63-47(5,6)41(53)27-21-19-23-31-61-49(9,10)43(55)33-51(35-45(57)58)29-30-52(36-46(59)60)34-44(56)50(11,12)62-32-24-20-22-28-42(54)48(7,8)64-38-40(16-4)26-18-14-2/h39-40H,13-38H2,1-12H3,(H,57,58)(H,59,60). The summed E-state index contributed by atoms with van der Waals surface area (Å²) in [6, 6.07) is 0. The van der Waals surface area contributed by atoms with Crippen molar-refractivity contribution >= 4 is 35.1 Å². The van der Waals surface area contributed by atoms with Crippen LogP contribution in [0.4, 0.5) is 0 Å². The van der Waals surface area contributed by atoms with Crippen molar-refractivity contribution in [1.82, 2.24) is 9.80 Å². The Bertz CT molecular complexity index is 1280. The number of rotatable bonds is 43. The van der Waals surface area contributed by atoms with Gasteiger partial charge >= 0.3 is 11.9 Å². The normalized spacial score (nSPS) is 13.7. The molecule has 0 bridgehead atoms. The van der Waals surface area contributed by atoms with Gasteiger partial charge < -0.3 is 29.2 Å². The second-order valence-electron chi connectivity index (χ2n) is 19.7. The number of ether oxygens (including phenoxy) is 4. The number of ketones is 4. The molecule has 0 aromatic heterocycles. The smallest absolute Gasteiger partial charge is 0.317 e. The van der Waals surface area contributed by atoms with Crippen molar-refractivity contribution < 1.29 is 57.9 Å². The number of Topliss-reactive ketones (excluding diaryl/α,β-unsaturated/α-hetero) is 4. The Hall–Kier alpha value is -2.62. The average molecular weight is 913 g/mol. The van der Waals surface area contributed by atoms with Crippen LogP contribution < -0.4 is 0 Å². The van der Waals surface area contributed by atoms with Gasteiger partial charge in [-0.2, -0.15) is 0 Å². The molecule has 2 N–H and O–H groups in total. The molecule has 0 radical (unpaired) electrons. The lowest BCUT2D eigenvalue weighted by Gasteiger charge is -2.31. The molecule has 0 amide bonds. The lowest BCUT2D eigenvalue weighted by Crippen LogP contribution is -2.49. The van der Waals surface area contributed by atoms with Crippen molar-refractivity contribution in [2.45, 2.75) is 208 Å². The molecule has 2 atom stereocenters. The van der Waals surface area contributed by atoms with E-state index in [-0.39, 0.29) is 62.5 Å². The third-order valence-corrected chi connectivity index (χ3v) is 12.3. The second kappa shape index (κ2) is 32.1. The molecule has 0 aliphatic rings. The molecule has 64 heavy (non-hydrogen) atoms. The summed E-state index contributed by atoms with van der Waals surface area (Å²) in [5, 5.41) is 19.3. The highest BCUT2D eigenvalue weighted by Crippen LogP contribution is 2.23. The summed E-state index contributed by atoms with van der Waals surface area (Å²) < 4.78 is 24.0. The minimum absolute atomic E-state index is 0.0144. The van der Waals surface area contributed by atoms with Crippen LogP contribution in [-0.4, -0.2) is 143 Å². The Balaban J connectivity index is 5.00. The van der Waals surface area contributed by atoms with Gasteiger partial charge in [0.15, 0.2) is 23.1 Å². The number of nitrogens with zero attached hydrogens (tertiary/aromatic N) is 2. The monoisotopic (exact) mass is 913 g/mol. The zero-order valence-corrected chi connectivity index (χ0v) is 42.4. The van der Waals surface area contributed by atoms with Gasteiger partial charge in [-0.15, -0.1) is 0 Å². The van der Waals surface area contributed by atoms with Crippen molar-refractivity contribution in [3.05, 3.63) is 0 Å². The van der Waals surface area contributed by atoms with Gasteiger partial charge in [-0.1, -0.05) is 79.1 Å². The van der Waals surface area contributed by atoms with E-state index in [4.69, 9.17) is 18.9 Å². The van der Waals surface area contributed by atoms with Gasteiger partial charge in [0.25, 0.3) is 0 Å². The number of carboxylic acids is 2. The maximum absolute atomic E-state index is 13.4. The third-order valence-electron chi connectivity index (χ3n) is 12.3. The average Bonchev–Trinajstić information content (AvgIpc) is 3.21. The van der Waals surface area contributed by atoms with E-state index in [1.165, 1.54) is 9.80 Å². The number of carboxylic acid groups (broad SMARTS) is 2. The first-order valence-corrected chi connectivity index (χ1v) is 24.4. The number of aliphatic carboxylic acids is 2. The van der Waals surface area contributed by atoms with E-state index in [9.17, 15) is 39.0 Å². The molecule has 2 unspecified atom stereocenters. The van der Waals surface area contributed by atoms with E-state index in [0.29, 0.717) is 63.6 Å². The Morgan fingerprint density at radius 2 is 0.766 bits per heavy atom. The molecule has 374 valence electrons. The molecule has 14 heteroatoms. The fourth-order valence-electron chi connectivity index (χ4n) is 7.04. The maximum atomic E-state index is 13.4. The van der Waals surface area contributed by atoms with Gasteiger partial charge in [0.05, 0.1) is 39.4 Å². The van der Waals surface area contributed by atoms with Crippen LogP contribution in [0.1, 0.15) is 186 Å². The van der Waals surface area contributed by atoms with Crippen LogP contribution in [0, 0.1) is 11.8 Å². The van der Waals surface area contributed by atoms with E-state index in [1.54, 1.807) is 27.7 Å². The molecule has 0 saturated heterocycles. The van der Waals surface area contributed by atoms with Crippen molar-refractivity contribution in [3.8, 4) is 0 Å². The summed E-state index contributed by atoms with van der Waals surface area (Å²) in [7, 11) is 0. The summed E-state index contributed by atoms with van der Waals surface area (Å²) >= 11 is 0. The molecule has 0 heterocycles. The Labute approximate surface area is 387 Å². The van der Waals surface area contributed by atoms with Gasteiger partial charge in [-0.05, 0) is 106 Å². The van der Waals surface area contributed by atoms with Crippen molar-refractivity contribution in [3.63, 3.8) is 0 Å². The van der Waals surface area contributed by atoms with Crippen LogP contribution in [0.2, 0.25) is 0 Å². The van der Waals surface area contributed by atoms with Gasteiger partial charge in [-0.3, -0.25) is 38.6 Å². The number of unbranched alkanes of at least 4 members (excludes halogenated alkanes) is 6. The van der Waals surface area contributed by atoms with Crippen LogP contribution in [0.15, 0.2) is 0 Å². The molecule has 0 aromatic carbocycles. The number of carbonyl (C=O) groups excluding carboxylic acids is 4. The first-order valence-electron chi connectivity index (χ1n) is 24.4. The van der Waals surface area contributed by atoms with Gasteiger partial charge in [0.1, 0.15) is 22.4 Å². The summed E-state index contributed by atoms with van der Waals surface area (Å²) in [4.78, 5) is 79.1. The zero-order valence-electron chi connectivity index (χ0n) is 42.4. The minimum atomic E-state index is -1.22. The molecule has 0 aliphatic heterocycles. The Morgan fingerprint density at radius 3 is 1.06 bits per heavy atom. The quantitative estimate of drug-likeness (QED) is 0.0553. The molecular weight excluding hydrogens is 821 g/mol. The van der Waals surface area contributed by atoms with E-state index in [1.807, 2.05) is 27.7 Å². The molecule has 0 aliphatic carbocycles. The maximum Gasteiger partial charge on any atom is 0.317 e. The summed E-state index contributed by atoms with van der Waals surface area (Å²) in [5.74, 6) is -1.97. The highest BCUT2D eigenvalue weighted by molar-refractivity contribution is 5.89. The molecule has 14 nitrogen and oxygen atoms in total. The third kappa shape index (κ3) is 27.1. The first-order chi connectivity index (χ1) is 29.9. The van der Waals surface area contributed by atoms with E-state index in [2.05, 4.69) is 27.7 Å². The molecule has 0 aromatic rings. The number of hydrogen-bond donors (Lipinski definition) is 2. The largest absolute Gasteiger partial charge is 0.480 e. The van der Waals surface area contributed by atoms with Crippen LogP contribution >= 0.6 is 0 Å². The fourth-order valence-corrected chi connectivity index (χ4v) is 7.04. The molecule has 0 saturated carbocycles. The fraction of sp³-hybridized carbons (Fsp3) is 0.880. The lowest BCUT2D eigenvalue weighted by molar-refractivity contribution is -0.146. The predicted molar refractivity (Wildman–Crippen MR) is 252 cm³/mol. The van der Waals surface area contributed by atoms with Crippen molar-refractivity contribution in [1.29, 1.82) is 0 Å². The van der Waals surface area contributed by atoms with E-state index < -0.39 is 47.4 Å². The summed E-state index contributed by atoms with van der Waals surface area (Å²) in [6.45, 7) is 22.8. The van der Waals surface area contributed by atoms with Crippen LogP contribution in [0.25, 0.3) is 0 Å². The highest BCUT2D eigenvalue weighted by atomic mass is 16.5. The second-order valence-corrected chi connectivity index (χ2v) is 19.7. The molecule has 0 spiro atoms. The van der Waals surface area contributed by atoms with E-state index >= 15 is 0 Å². The molecular formula is C50H92N2O12. The zero-order chi connectivity index (χ0) is 49.0. The first kappa shape index (κ1) is 61.4. The Kier molecular flexibility index (Phi) is 30.8. The van der Waals surface area contributed by atoms with Gasteiger partial charge in [-0.25, -0.2) is 0 Å². The SMILES string of the molecule is CCCCC(CC)COC(C)(C)C(=O)CCCCCOC(C)(C)C(=O)CN(CCN(CC(=O)O)CC(=O)C(C)(C)OCCCCCC(=O)C(C)(C)OCC(CC)CCCC)CC(=O)O. The summed E-state index contributed by atoms with van der Waals surface area (Å²) in [5.41, 5.74) is -4.13. The highest BCUT2D eigenvalue weighted by Gasteiger charge is 2.34. The van der Waals surface area contributed by atoms with Crippen LogP contribution in [0.5, 0.6) is 0 Å². The number of carbonyl (C=O) groups is 6. The van der Waals surface area contributed by atoms with Crippen molar-refractivity contribution in [2.75, 3.05) is 65.7 Å². The topological polar surface area (TPSA) is 186 Å². The van der Waals surface area contributed by atoms with E-state index in [0.717, 1.165) is 64.2 Å². The van der Waals surface area contributed by atoms with Crippen molar-refractivity contribution in [2.24, 2.45) is 11.8 Å². The molecule has 0 rings (SSSR count). The predicted octanol–water partition coefficient (Wildman–Crippen LogP) is 8.77. The van der Waals surface area contributed by atoms with Crippen LogP contribution in [-0.2, 0) is 47.7 Å². The minimum Gasteiger partial charge on any atom is -0.480 e. The van der Waals surface area contributed by atoms with Crippen LogP contribution in [0.3, 0.4) is 0 Å². The van der Waals surface area contributed by atoms with Gasteiger partial charge in [0, 0.05) is 39.1 Å². The summed E-state index contributed by atoms with van der Waals surface area (Å²) in [6.07, 6.45) is 13.6. The number of hydrogen-bond acceptors (Lipinski definition) is 12. The Morgan fingerprint density at radius 1 is 0.438 bits per heavy atom.